The molecule has 1 N–H and O–H groups in total. The highest BCUT2D eigenvalue weighted by atomic mass is 79.9. The van der Waals surface area contributed by atoms with Crippen molar-refractivity contribution in [2.75, 3.05) is 18.0 Å². The zero-order valence-corrected chi connectivity index (χ0v) is 11.8. The van der Waals surface area contributed by atoms with Gasteiger partial charge >= 0.3 is 0 Å². The minimum atomic E-state index is 0.536. The van der Waals surface area contributed by atoms with Gasteiger partial charge in [-0.1, -0.05) is 11.6 Å². The van der Waals surface area contributed by atoms with Crippen LogP contribution >= 0.6 is 27.5 Å². The molecule has 3 heterocycles. The van der Waals surface area contributed by atoms with Gasteiger partial charge in [-0.2, -0.15) is 0 Å². The van der Waals surface area contributed by atoms with E-state index in [-0.39, 0.29) is 0 Å². The van der Waals surface area contributed by atoms with Crippen molar-refractivity contribution in [1.29, 1.82) is 0 Å². The Labute approximate surface area is 115 Å². The highest BCUT2D eigenvalue weighted by molar-refractivity contribution is 9.10. The number of halogens is 2. The smallest absolute Gasteiger partial charge is 0.143 e. The van der Waals surface area contributed by atoms with E-state index in [9.17, 15) is 0 Å². The van der Waals surface area contributed by atoms with E-state index < -0.39 is 0 Å². The van der Waals surface area contributed by atoms with E-state index in [0.29, 0.717) is 17.2 Å². The Balaban J connectivity index is 1.94. The Bertz CT molecular complexity index is 412. The van der Waals surface area contributed by atoms with Gasteiger partial charge in [-0.3, -0.25) is 0 Å². The maximum Gasteiger partial charge on any atom is 0.143 e. The third-order valence-electron chi connectivity index (χ3n) is 3.73. The Morgan fingerprint density at radius 1 is 1.35 bits per heavy atom. The van der Waals surface area contributed by atoms with Crippen LogP contribution in [0.4, 0.5) is 5.69 Å². The van der Waals surface area contributed by atoms with Crippen molar-refractivity contribution in [3.63, 3.8) is 0 Å². The monoisotopic (exact) mass is 315 g/mol. The normalized spacial score (nSPS) is 28.2. The van der Waals surface area contributed by atoms with E-state index in [1.807, 2.05) is 6.20 Å². The molecule has 0 spiro atoms. The maximum atomic E-state index is 5.95. The van der Waals surface area contributed by atoms with E-state index in [4.69, 9.17) is 11.6 Å². The second-order valence-electron chi connectivity index (χ2n) is 4.75. The van der Waals surface area contributed by atoms with E-state index in [0.717, 1.165) is 17.6 Å². The lowest BCUT2D eigenvalue weighted by Gasteiger charge is -2.30. The van der Waals surface area contributed by atoms with E-state index in [1.165, 1.54) is 24.9 Å². The molecule has 17 heavy (non-hydrogen) atoms. The van der Waals surface area contributed by atoms with Crippen molar-refractivity contribution in [3.8, 4) is 0 Å². The van der Waals surface area contributed by atoms with Gasteiger partial charge in [0.25, 0.3) is 0 Å². The summed E-state index contributed by atoms with van der Waals surface area (Å²) in [4.78, 5) is 6.76. The number of hydrogen-bond acceptors (Lipinski definition) is 3. The second kappa shape index (κ2) is 4.75. The first-order valence-electron chi connectivity index (χ1n) is 6.06. The quantitative estimate of drug-likeness (QED) is 0.808. The van der Waals surface area contributed by atoms with Crippen LogP contribution in [0, 0.1) is 0 Å². The Morgan fingerprint density at radius 2 is 2.18 bits per heavy atom. The van der Waals surface area contributed by atoms with Gasteiger partial charge in [-0.05, 0) is 47.8 Å². The molecule has 3 rings (SSSR count). The minimum absolute atomic E-state index is 0.536. The van der Waals surface area contributed by atoms with Gasteiger partial charge < -0.3 is 10.2 Å². The fourth-order valence-electron chi connectivity index (χ4n) is 2.96. The molecule has 2 atom stereocenters. The average molecular weight is 317 g/mol. The molecular weight excluding hydrogens is 302 g/mol. The molecule has 0 unspecified atom stereocenters. The van der Waals surface area contributed by atoms with Crippen LogP contribution < -0.4 is 10.2 Å². The number of pyridine rings is 1. The van der Waals surface area contributed by atoms with Crippen molar-refractivity contribution in [2.24, 2.45) is 0 Å². The molecule has 0 saturated carbocycles. The second-order valence-corrected chi connectivity index (χ2v) is 5.96. The molecular formula is C12H15BrClN3. The molecule has 1 aromatic heterocycles. The highest BCUT2D eigenvalue weighted by Crippen LogP contribution is 2.35. The first-order valence-corrected chi connectivity index (χ1v) is 7.23. The molecule has 3 nitrogen and oxygen atoms in total. The van der Waals surface area contributed by atoms with Crippen LogP contribution in [0.15, 0.2) is 16.7 Å². The number of hydrogen-bond donors (Lipinski definition) is 1. The van der Waals surface area contributed by atoms with Crippen molar-refractivity contribution in [1.82, 2.24) is 10.3 Å². The summed E-state index contributed by atoms with van der Waals surface area (Å²) in [6.07, 6.45) is 5.69. The summed E-state index contributed by atoms with van der Waals surface area (Å²) in [6.45, 7) is 2.20. The van der Waals surface area contributed by atoms with Crippen molar-refractivity contribution >= 4 is 33.2 Å². The van der Waals surface area contributed by atoms with E-state index in [1.54, 1.807) is 0 Å². The summed E-state index contributed by atoms with van der Waals surface area (Å²) in [5, 5.41) is 4.04. The van der Waals surface area contributed by atoms with Crippen LogP contribution in [-0.2, 0) is 0 Å². The molecule has 0 amide bonds. The third-order valence-corrected chi connectivity index (χ3v) is 4.87. The van der Waals surface area contributed by atoms with Crippen LogP contribution in [0.1, 0.15) is 19.3 Å². The van der Waals surface area contributed by atoms with E-state index in [2.05, 4.69) is 37.2 Å². The number of fused-ring (bicyclic) bond motifs is 2. The zero-order chi connectivity index (χ0) is 11.8. The topological polar surface area (TPSA) is 28.2 Å². The summed E-state index contributed by atoms with van der Waals surface area (Å²) >= 11 is 9.41. The summed E-state index contributed by atoms with van der Waals surface area (Å²) in [6, 6.07) is 3.36. The van der Waals surface area contributed by atoms with Crippen LogP contribution in [0.3, 0.4) is 0 Å². The van der Waals surface area contributed by atoms with Crippen LogP contribution in [0.2, 0.25) is 5.15 Å². The van der Waals surface area contributed by atoms with Crippen molar-refractivity contribution < 1.29 is 0 Å². The van der Waals surface area contributed by atoms with Crippen molar-refractivity contribution in [3.05, 3.63) is 21.9 Å². The standard InChI is InChI=1S/C12H15BrClN3/c13-11-5-10(7-16-12(11)14)17-8-1-2-9(17)6-15-4-3-8/h5,7-9,15H,1-4,6H2/t8-,9+/m0/s1. The highest BCUT2D eigenvalue weighted by Gasteiger charge is 2.35. The summed E-state index contributed by atoms with van der Waals surface area (Å²) < 4.78 is 0.883. The van der Waals surface area contributed by atoms with Gasteiger partial charge in [-0.15, -0.1) is 0 Å². The Hall–Kier alpha value is -0.320. The number of aromatic nitrogens is 1. The lowest BCUT2D eigenvalue weighted by molar-refractivity contribution is 0.567. The Morgan fingerprint density at radius 3 is 3.00 bits per heavy atom. The first kappa shape index (κ1) is 11.8. The van der Waals surface area contributed by atoms with Gasteiger partial charge in [0.15, 0.2) is 0 Å². The van der Waals surface area contributed by atoms with E-state index >= 15 is 0 Å². The lowest BCUT2D eigenvalue weighted by atomic mass is 10.1. The van der Waals surface area contributed by atoms with Gasteiger partial charge in [-0.25, -0.2) is 4.98 Å². The van der Waals surface area contributed by atoms with Gasteiger partial charge in [0.2, 0.25) is 0 Å². The zero-order valence-electron chi connectivity index (χ0n) is 9.50. The summed E-state index contributed by atoms with van der Waals surface area (Å²) in [5.74, 6) is 0. The summed E-state index contributed by atoms with van der Waals surface area (Å²) in [5.41, 5.74) is 1.19. The van der Waals surface area contributed by atoms with Crippen molar-refractivity contribution in [2.45, 2.75) is 31.3 Å². The number of nitrogens with one attached hydrogen (secondary N) is 1. The Kier molecular flexibility index (Phi) is 3.28. The van der Waals surface area contributed by atoms with Crippen LogP contribution in [0.5, 0.6) is 0 Å². The molecule has 2 bridgehead atoms. The van der Waals surface area contributed by atoms with Gasteiger partial charge in [0.1, 0.15) is 5.15 Å². The molecule has 2 saturated heterocycles. The molecule has 92 valence electrons. The third kappa shape index (κ3) is 2.18. The lowest BCUT2D eigenvalue weighted by Crippen LogP contribution is -2.38. The SMILES string of the molecule is Clc1ncc(N2[C@@H]3CCNC[C@H]2CC3)cc1Br. The fourth-order valence-corrected chi connectivity index (χ4v) is 3.40. The van der Waals surface area contributed by atoms with Gasteiger partial charge in [0.05, 0.1) is 16.4 Å². The number of rotatable bonds is 1. The molecule has 2 fully saturated rings. The number of anilines is 1. The molecule has 0 aromatic carbocycles. The molecule has 2 aliphatic rings. The largest absolute Gasteiger partial charge is 0.363 e. The predicted octanol–water partition coefficient (Wildman–Crippen LogP) is 2.83. The van der Waals surface area contributed by atoms with Gasteiger partial charge in [0, 0.05) is 18.6 Å². The average Bonchev–Trinajstić information content (AvgIpc) is 2.56. The molecule has 5 heteroatoms. The molecule has 1 aromatic rings. The molecule has 0 aliphatic carbocycles. The van der Waals surface area contributed by atoms with Crippen LogP contribution in [0.25, 0.3) is 0 Å². The number of nitrogens with zero attached hydrogens (tertiary/aromatic N) is 2. The first-order chi connectivity index (χ1) is 8.25. The minimum Gasteiger partial charge on any atom is -0.363 e. The van der Waals surface area contributed by atoms with Crippen LogP contribution in [-0.4, -0.2) is 30.2 Å². The molecule has 0 radical (unpaired) electrons. The molecule has 2 aliphatic heterocycles. The maximum absolute atomic E-state index is 5.95. The predicted molar refractivity (Wildman–Crippen MR) is 73.7 cm³/mol. The summed E-state index contributed by atoms with van der Waals surface area (Å²) in [7, 11) is 0. The fraction of sp³-hybridized carbons (Fsp3) is 0.583.